The lowest BCUT2D eigenvalue weighted by atomic mass is 10.1. The summed E-state index contributed by atoms with van der Waals surface area (Å²) >= 11 is 1.87. The molecule has 1 aliphatic carbocycles. The molecule has 1 saturated heterocycles. The largest absolute Gasteiger partial charge is 0.375 e. The van der Waals surface area contributed by atoms with E-state index in [0.717, 1.165) is 32.5 Å². The number of amides is 1. The molecule has 122 valence electrons. The van der Waals surface area contributed by atoms with Gasteiger partial charge < -0.3 is 10.1 Å². The van der Waals surface area contributed by atoms with Crippen LogP contribution in [0.1, 0.15) is 36.4 Å². The maximum absolute atomic E-state index is 12.3. The molecule has 4 nitrogen and oxygen atoms in total. The van der Waals surface area contributed by atoms with Gasteiger partial charge in [-0.25, -0.2) is 0 Å². The van der Waals surface area contributed by atoms with E-state index in [1.54, 1.807) is 0 Å². The highest BCUT2D eigenvalue weighted by atomic mass is 32.1. The molecule has 2 heterocycles. The first-order valence-corrected chi connectivity index (χ1v) is 9.06. The number of hydrogen-bond donors (Lipinski definition) is 1. The third kappa shape index (κ3) is 3.53. The highest BCUT2D eigenvalue weighted by Crippen LogP contribution is 2.35. The van der Waals surface area contributed by atoms with Crippen molar-refractivity contribution in [1.82, 2.24) is 10.2 Å². The molecule has 5 heteroatoms. The van der Waals surface area contributed by atoms with Crippen LogP contribution < -0.4 is 5.32 Å². The van der Waals surface area contributed by atoms with Crippen LogP contribution in [-0.2, 0) is 16.1 Å². The van der Waals surface area contributed by atoms with E-state index in [1.807, 2.05) is 25.2 Å². The maximum Gasteiger partial charge on any atom is 0.223 e. The van der Waals surface area contributed by atoms with Gasteiger partial charge in [-0.1, -0.05) is 0 Å². The van der Waals surface area contributed by atoms with Crippen LogP contribution in [0.4, 0.5) is 0 Å². The average Bonchev–Trinajstić information content (AvgIpc) is 3.05. The molecular formula is C17H26N2O2S. The van der Waals surface area contributed by atoms with Crippen molar-refractivity contribution in [3.05, 3.63) is 21.9 Å². The van der Waals surface area contributed by atoms with E-state index in [-0.39, 0.29) is 24.0 Å². The minimum atomic E-state index is 0.100. The zero-order valence-electron chi connectivity index (χ0n) is 13.7. The second-order valence-corrected chi connectivity index (χ2v) is 8.16. The molecule has 0 unspecified atom stereocenters. The Morgan fingerprint density at radius 2 is 2.27 bits per heavy atom. The fourth-order valence-electron chi connectivity index (χ4n) is 3.61. The molecule has 2 fully saturated rings. The predicted octanol–water partition coefficient (Wildman–Crippen LogP) is 2.56. The van der Waals surface area contributed by atoms with Crippen LogP contribution in [0.5, 0.6) is 0 Å². The number of fused-ring (bicyclic) bond motifs is 1. The molecule has 1 N–H and O–H groups in total. The molecule has 0 bridgehead atoms. The van der Waals surface area contributed by atoms with Gasteiger partial charge in [0.2, 0.25) is 5.91 Å². The van der Waals surface area contributed by atoms with E-state index >= 15 is 0 Å². The van der Waals surface area contributed by atoms with Crippen molar-refractivity contribution in [3.8, 4) is 0 Å². The zero-order valence-corrected chi connectivity index (χ0v) is 14.5. The van der Waals surface area contributed by atoms with Crippen molar-refractivity contribution in [1.29, 1.82) is 0 Å². The fourth-order valence-corrected chi connectivity index (χ4v) is 4.53. The zero-order chi connectivity index (χ0) is 15.7. The molecule has 1 aromatic rings. The Bertz CT molecular complexity index is 528. The van der Waals surface area contributed by atoms with Crippen LogP contribution >= 0.6 is 11.3 Å². The molecule has 3 rings (SSSR count). The highest BCUT2D eigenvalue weighted by molar-refractivity contribution is 7.11. The Morgan fingerprint density at radius 3 is 2.95 bits per heavy atom. The van der Waals surface area contributed by atoms with E-state index in [9.17, 15) is 4.79 Å². The van der Waals surface area contributed by atoms with Crippen LogP contribution in [-0.4, -0.2) is 42.1 Å². The number of morpholine rings is 1. The van der Waals surface area contributed by atoms with Crippen LogP contribution in [0.3, 0.4) is 0 Å². The summed E-state index contributed by atoms with van der Waals surface area (Å²) in [6, 6.07) is 5.01. The van der Waals surface area contributed by atoms with Crippen molar-refractivity contribution in [2.45, 2.75) is 58.3 Å². The van der Waals surface area contributed by atoms with Gasteiger partial charge in [0.1, 0.15) is 0 Å². The van der Waals surface area contributed by atoms with Crippen molar-refractivity contribution >= 4 is 17.2 Å². The fraction of sp³-hybridized carbons (Fsp3) is 0.706. The molecule has 22 heavy (non-hydrogen) atoms. The minimum Gasteiger partial charge on any atom is -0.375 e. The summed E-state index contributed by atoms with van der Waals surface area (Å²) in [6.07, 6.45) is 2.01. The second-order valence-electron chi connectivity index (χ2n) is 6.79. The molecule has 1 aromatic heterocycles. The van der Waals surface area contributed by atoms with E-state index in [4.69, 9.17) is 4.74 Å². The molecule has 1 amide bonds. The number of thiophene rings is 1. The van der Waals surface area contributed by atoms with Crippen LogP contribution in [0.15, 0.2) is 12.1 Å². The summed E-state index contributed by atoms with van der Waals surface area (Å²) in [5.74, 6) is 0.294. The monoisotopic (exact) mass is 322 g/mol. The summed E-state index contributed by atoms with van der Waals surface area (Å²) in [7, 11) is 0. The smallest absolute Gasteiger partial charge is 0.223 e. The Hall–Kier alpha value is -0.910. The summed E-state index contributed by atoms with van der Waals surface area (Å²) in [5, 5.41) is 3.05. The van der Waals surface area contributed by atoms with Crippen molar-refractivity contribution in [2.75, 3.05) is 13.2 Å². The Kier molecular flexibility index (Phi) is 4.85. The van der Waals surface area contributed by atoms with Gasteiger partial charge in [0.15, 0.2) is 0 Å². The quantitative estimate of drug-likeness (QED) is 0.926. The number of carbonyl (C=O) groups excluding carboxylic acids is 1. The lowest BCUT2D eigenvalue weighted by molar-refractivity contribution is -0.125. The van der Waals surface area contributed by atoms with Crippen molar-refractivity contribution in [3.63, 3.8) is 0 Å². The molecule has 0 aromatic carbocycles. The van der Waals surface area contributed by atoms with E-state index in [2.05, 4.69) is 29.3 Å². The maximum atomic E-state index is 12.3. The van der Waals surface area contributed by atoms with Crippen LogP contribution in [0, 0.1) is 12.8 Å². The van der Waals surface area contributed by atoms with Gasteiger partial charge in [-0.3, -0.25) is 9.69 Å². The lowest BCUT2D eigenvalue weighted by Crippen LogP contribution is -2.47. The molecule has 1 saturated carbocycles. The highest BCUT2D eigenvalue weighted by Gasteiger charge is 2.43. The topological polar surface area (TPSA) is 41.6 Å². The Morgan fingerprint density at radius 1 is 1.45 bits per heavy atom. The molecule has 0 radical (unpaired) electrons. The molecular weight excluding hydrogens is 296 g/mol. The standard InChI is InChI=1S/C17H26N2O2S/c1-11(2)18-17(20)13-8-15-16(9-13)21-7-6-19(15)10-14-5-4-12(3)22-14/h4-5,11,13,15-16H,6-10H2,1-3H3,(H,18,20)/t13-,15+,16+/m0/s1. The summed E-state index contributed by atoms with van der Waals surface area (Å²) < 4.78 is 5.94. The van der Waals surface area contributed by atoms with Gasteiger partial charge in [-0.2, -0.15) is 0 Å². The first kappa shape index (κ1) is 16.0. The number of hydrogen-bond acceptors (Lipinski definition) is 4. The van der Waals surface area contributed by atoms with Crippen molar-refractivity contribution < 1.29 is 9.53 Å². The Labute approximate surface area is 136 Å². The van der Waals surface area contributed by atoms with E-state index in [0.29, 0.717) is 6.04 Å². The number of aryl methyl sites for hydroxylation is 1. The van der Waals surface area contributed by atoms with Crippen LogP contribution in [0.2, 0.25) is 0 Å². The molecule has 3 atom stereocenters. The second kappa shape index (κ2) is 6.69. The first-order chi connectivity index (χ1) is 10.5. The van der Waals surface area contributed by atoms with E-state index < -0.39 is 0 Å². The lowest BCUT2D eigenvalue weighted by Gasteiger charge is -2.37. The molecule has 1 aliphatic heterocycles. The number of nitrogens with zero attached hydrogens (tertiary/aromatic N) is 1. The summed E-state index contributed by atoms with van der Waals surface area (Å²) in [6.45, 7) is 8.92. The minimum absolute atomic E-state index is 0.100. The van der Waals surface area contributed by atoms with Gasteiger partial charge in [0.25, 0.3) is 0 Å². The van der Waals surface area contributed by atoms with Gasteiger partial charge in [0.05, 0.1) is 12.7 Å². The number of nitrogens with one attached hydrogen (secondary N) is 1. The van der Waals surface area contributed by atoms with Crippen LogP contribution in [0.25, 0.3) is 0 Å². The summed E-state index contributed by atoms with van der Waals surface area (Å²) in [4.78, 5) is 17.6. The van der Waals surface area contributed by atoms with E-state index in [1.165, 1.54) is 9.75 Å². The van der Waals surface area contributed by atoms with Gasteiger partial charge >= 0.3 is 0 Å². The Balaban J connectivity index is 1.64. The van der Waals surface area contributed by atoms with Gasteiger partial charge in [0, 0.05) is 40.8 Å². The number of rotatable bonds is 4. The summed E-state index contributed by atoms with van der Waals surface area (Å²) in [5.41, 5.74) is 0. The van der Waals surface area contributed by atoms with Gasteiger partial charge in [-0.05, 0) is 45.7 Å². The number of carbonyl (C=O) groups is 1. The normalized spacial score (nSPS) is 28.8. The van der Waals surface area contributed by atoms with Gasteiger partial charge in [-0.15, -0.1) is 11.3 Å². The SMILES string of the molecule is Cc1ccc(CN2CCO[C@@H]3C[C@@H](C(=O)NC(C)C)C[C@H]32)s1. The predicted molar refractivity (Wildman–Crippen MR) is 89.0 cm³/mol. The average molecular weight is 322 g/mol. The van der Waals surface area contributed by atoms with Crippen molar-refractivity contribution in [2.24, 2.45) is 5.92 Å². The molecule has 2 aliphatic rings. The molecule has 0 spiro atoms. The third-order valence-corrected chi connectivity index (χ3v) is 5.59. The number of ether oxygens (including phenoxy) is 1. The first-order valence-electron chi connectivity index (χ1n) is 8.24. The third-order valence-electron chi connectivity index (χ3n) is 4.61.